The number of aliphatic carboxylic acids is 1. The lowest BCUT2D eigenvalue weighted by atomic mass is 10.0. The van der Waals surface area contributed by atoms with E-state index in [1.54, 1.807) is 0 Å². The number of likely N-dealkylation sites (tertiary alicyclic amines) is 1. The lowest BCUT2D eigenvalue weighted by molar-refractivity contribution is -0.143. The summed E-state index contributed by atoms with van der Waals surface area (Å²) in [5.41, 5.74) is 0. The summed E-state index contributed by atoms with van der Waals surface area (Å²) < 4.78 is 0. The van der Waals surface area contributed by atoms with Gasteiger partial charge in [-0.3, -0.25) is 0 Å². The minimum atomic E-state index is -0.884. The van der Waals surface area contributed by atoms with E-state index in [-0.39, 0.29) is 6.03 Å². The highest BCUT2D eigenvalue weighted by Crippen LogP contribution is 2.24. The van der Waals surface area contributed by atoms with Gasteiger partial charge in [-0.2, -0.15) is 0 Å². The molecular weight excluding hydrogens is 232 g/mol. The van der Waals surface area contributed by atoms with Crippen LogP contribution in [0.3, 0.4) is 0 Å². The second-order valence-electron chi connectivity index (χ2n) is 5.38. The summed E-state index contributed by atoms with van der Waals surface area (Å²) in [5, 5.41) is 12.0. The molecule has 0 bridgehead atoms. The normalized spacial score (nSPS) is 25.1. The first-order valence-electron chi connectivity index (χ1n) is 6.96. The van der Waals surface area contributed by atoms with E-state index in [2.05, 4.69) is 5.32 Å². The predicted molar refractivity (Wildman–Crippen MR) is 67.3 cm³/mol. The molecule has 0 aromatic carbocycles. The third-order valence-corrected chi connectivity index (χ3v) is 4.07. The van der Waals surface area contributed by atoms with E-state index in [1.165, 1.54) is 30.6 Å². The standard InChI is InChI=1S/C13H22N2O3/c16-12(17)11-7-3-4-8-15(11)13(18)14-9-10-5-1-2-6-10/h10-11H,1-9H2,(H,14,18)(H,16,17). The van der Waals surface area contributed by atoms with Gasteiger partial charge in [0.15, 0.2) is 0 Å². The van der Waals surface area contributed by atoms with Gasteiger partial charge in [0.1, 0.15) is 6.04 Å². The van der Waals surface area contributed by atoms with Crippen LogP contribution in [0.1, 0.15) is 44.9 Å². The largest absolute Gasteiger partial charge is 0.480 e. The van der Waals surface area contributed by atoms with Crippen molar-refractivity contribution in [2.75, 3.05) is 13.1 Å². The molecule has 2 rings (SSSR count). The Morgan fingerprint density at radius 3 is 2.44 bits per heavy atom. The van der Waals surface area contributed by atoms with Crippen molar-refractivity contribution in [3.63, 3.8) is 0 Å². The Balaban J connectivity index is 1.83. The molecule has 0 spiro atoms. The van der Waals surface area contributed by atoms with Crippen molar-refractivity contribution in [3.8, 4) is 0 Å². The van der Waals surface area contributed by atoms with Crippen LogP contribution in [-0.2, 0) is 4.79 Å². The fourth-order valence-corrected chi connectivity index (χ4v) is 2.98. The van der Waals surface area contributed by atoms with Crippen LogP contribution in [0.5, 0.6) is 0 Å². The highest BCUT2D eigenvalue weighted by Gasteiger charge is 2.32. The Kier molecular flexibility index (Phi) is 4.44. The van der Waals surface area contributed by atoms with Gasteiger partial charge in [0.2, 0.25) is 0 Å². The minimum absolute atomic E-state index is 0.200. The maximum atomic E-state index is 12.0. The van der Waals surface area contributed by atoms with Crippen LogP contribution in [-0.4, -0.2) is 41.1 Å². The van der Waals surface area contributed by atoms with Gasteiger partial charge in [-0.05, 0) is 38.0 Å². The summed E-state index contributed by atoms with van der Waals surface area (Å²) in [6.45, 7) is 1.26. The predicted octanol–water partition coefficient (Wildman–Crippen LogP) is 1.83. The third-order valence-electron chi connectivity index (χ3n) is 4.07. The van der Waals surface area contributed by atoms with E-state index in [9.17, 15) is 9.59 Å². The van der Waals surface area contributed by atoms with Crippen LogP contribution in [0.4, 0.5) is 4.79 Å². The monoisotopic (exact) mass is 254 g/mol. The van der Waals surface area contributed by atoms with Crippen molar-refractivity contribution in [1.29, 1.82) is 0 Å². The SMILES string of the molecule is O=C(O)C1CCCCN1C(=O)NCC1CCCC1. The number of piperidine rings is 1. The number of amides is 2. The highest BCUT2D eigenvalue weighted by molar-refractivity contribution is 5.82. The number of nitrogens with one attached hydrogen (secondary N) is 1. The van der Waals surface area contributed by atoms with Crippen LogP contribution < -0.4 is 5.32 Å². The summed E-state index contributed by atoms with van der Waals surface area (Å²) in [6, 6.07) is -0.837. The van der Waals surface area contributed by atoms with E-state index in [0.717, 1.165) is 12.8 Å². The van der Waals surface area contributed by atoms with Gasteiger partial charge in [0, 0.05) is 13.1 Å². The Labute approximate surface area is 108 Å². The number of urea groups is 1. The molecule has 5 nitrogen and oxygen atoms in total. The molecule has 2 aliphatic rings. The van der Waals surface area contributed by atoms with Gasteiger partial charge < -0.3 is 15.3 Å². The second-order valence-corrected chi connectivity index (χ2v) is 5.38. The number of carbonyl (C=O) groups is 2. The first kappa shape index (κ1) is 13.2. The first-order valence-corrected chi connectivity index (χ1v) is 6.96. The van der Waals surface area contributed by atoms with Gasteiger partial charge in [-0.1, -0.05) is 12.8 Å². The molecule has 0 aromatic rings. The zero-order chi connectivity index (χ0) is 13.0. The first-order chi connectivity index (χ1) is 8.68. The van der Waals surface area contributed by atoms with Gasteiger partial charge >= 0.3 is 12.0 Å². The van der Waals surface area contributed by atoms with Gasteiger partial charge in [0.05, 0.1) is 0 Å². The Hall–Kier alpha value is -1.26. The molecule has 1 aliphatic heterocycles. The zero-order valence-electron chi connectivity index (χ0n) is 10.7. The topological polar surface area (TPSA) is 69.6 Å². The second kappa shape index (κ2) is 6.07. The molecule has 1 saturated heterocycles. The summed E-state index contributed by atoms with van der Waals surface area (Å²) >= 11 is 0. The van der Waals surface area contributed by atoms with E-state index >= 15 is 0 Å². The Morgan fingerprint density at radius 1 is 1.11 bits per heavy atom. The Bertz CT molecular complexity index is 313. The molecule has 5 heteroatoms. The molecule has 0 radical (unpaired) electrons. The molecule has 1 atom stereocenters. The number of hydrogen-bond donors (Lipinski definition) is 2. The molecule has 18 heavy (non-hydrogen) atoms. The summed E-state index contributed by atoms with van der Waals surface area (Å²) in [4.78, 5) is 24.6. The van der Waals surface area contributed by atoms with Crippen molar-refractivity contribution in [2.45, 2.75) is 51.0 Å². The molecule has 2 N–H and O–H groups in total. The van der Waals surface area contributed by atoms with Gasteiger partial charge in [-0.25, -0.2) is 9.59 Å². The molecule has 102 valence electrons. The lowest BCUT2D eigenvalue weighted by Crippen LogP contribution is -2.52. The number of carbonyl (C=O) groups excluding carboxylic acids is 1. The quantitative estimate of drug-likeness (QED) is 0.807. The van der Waals surface area contributed by atoms with Crippen molar-refractivity contribution >= 4 is 12.0 Å². The van der Waals surface area contributed by atoms with Crippen LogP contribution in [0.25, 0.3) is 0 Å². The van der Waals surface area contributed by atoms with E-state index in [1.807, 2.05) is 0 Å². The molecule has 1 unspecified atom stereocenters. The van der Waals surface area contributed by atoms with Crippen LogP contribution in [0.2, 0.25) is 0 Å². The minimum Gasteiger partial charge on any atom is -0.480 e. The van der Waals surface area contributed by atoms with Crippen LogP contribution in [0, 0.1) is 5.92 Å². The van der Waals surface area contributed by atoms with E-state index in [0.29, 0.717) is 25.4 Å². The number of rotatable bonds is 3. The van der Waals surface area contributed by atoms with Gasteiger partial charge in [-0.15, -0.1) is 0 Å². The van der Waals surface area contributed by atoms with Crippen molar-refractivity contribution in [1.82, 2.24) is 10.2 Å². The maximum Gasteiger partial charge on any atom is 0.326 e. The number of hydrogen-bond acceptors (Lipinski definition) is 2. The number of nitrogens with zero attached hydrogens (tertiary/aromatic N) is 1. The third kappa shape index (κ3) is 3.15. The summed E-state index contributed by atoms with van der Waals surface area (Å²) in [7, 11) is 0. The number of carboxylic acid groups (broad SMARTS) is 1. The van der Waals surface area contributed by atoms with E-state index < -0.39 is 12.0 Å². The Morgan fingerprint density at radius 2 is 1.78 bits per heavy atom. The highest BCUT2D eigenvalue weighted by atomic mass is 16.4. The van der Waals surface area contributed by atoms with Crippen molar-refractivity contribution < 1.29 is 14.7 Å². The van der Waals surface area contributed by atoms with Crippen molar-refractivity contribution in [2.24, 2.45) is 5.92 Å². The molecule has 2 amide bonds. The van der Waals surface area contributed by atoms with Gasteiger partial charge in [0.25, 0.3) is 0 Å². The average molecular weight is 254 g/mol. The fraction of sp³-hybridized carbons (Fsp3) is 0.846. The summed E-state index contributed by atoms with van der Waals surface area (Å²) in [5.74, 6) is -0.298. The lowest BCUT2D eigenvalue weighted by Gasteiger charge is -2.33. The molecule has 1 saturated carbocycles. The number of carboxylic acids is 1. The van der Waals surface area contributed by atoms with Crippen LogP contribution >= 0.6 is 0 Å². The zero-order valence-corrected chi connectivity index (χ0v) is 10.7. The average Bonchev–Trinajstić information content (AvgIpc) is 2.89. The smallest absolute Gasteiger partial charge is 0.326 e. The summed E-state index contributed by atoms with van der Waals surface area (Å²) in [6.07, 6.45) is 7.24. The molecule has 0 aromatic heterocycles. The molecule has 2 fully saturated rings. The van der Waals surface area contributed by atoms with Crippen LogP contribution in [0.15, 0.2) is 0 Å². The molecule has 1 aliphatic carbocycles. The van der Waals surface area contributed by atoms with E-state index in [4.69, 9.17) is 5.11 Å². The maximum absolute atomic E-state index is 12.0. The molecular formula is C13H22N2O3. The molecule has 1 heterocycles. The fourth-order valence-electron chi connectivity index (χ4n) is 2.98. The van der Waals surface area contributed by atoms with Crippen molar-refractivity contribution in [3.05, 3.63) is 0 Å².